The van der Waals surface area contributed by atoms with Crippen LogP contribution in [0.25, 0.3) is 0 Å². The highest BCUT2D eigenvalue weighted by Gasteiger charge is 2.23. The molecule has 92 valence electrons. The maximum absolute atomic E-state index is 13.0. The molecule has 6 heteroatoms. The number of amides is 1. The molecule has 1 aromatic carbocycles. The lowest BCUT2D eigenvalue weighted by Crippen LogP contribution is -2.39. The van der Waals surface area contributed by atoms with Crippen LogP contribution in [-0.2, 0) is 14.3 Å². The van der Waals surface area contributed by atoms with Gasteiger partial charge in [-0.2, -0.15) is 0 Å². The highest BCUT2D eigenvalue weighted by atomic mass is 19.1. The Labute approximate surface area is 97.7 Å². The minimum Gasteiger partial charge on any atom is -0.397 e. The first-order valence-corrected chi connectivity index (χ1v) is 5.22. The molecule has 0 spiro atoms. The Bertz CT molecular complexity index is 419. The van der Waals surface area contributed by atoms with Crippen LogP contribution in [0.3, 0.4) is 0 Å². The molecule has 0 aliphatic carbocycles. The highest BCUT2D eigenvalue weighted by molar-refractivity contribution is 5.96. The fraction of sp³-hybridized carbons (Fsp3) is 0.364. The van der Waals surface area contributed by atoms with Crippen LogP contribution in [0.1, 0.15) is 0 Å². The van der Waals surface area contributed by atoms with Crippen LogP contribution in [0.4, 0.5) is 15.8 Å². The van der Waals surface area contributed by atoms with Crippen molar-refractivity contribution in [3.63, 3.8) is 0 Å². The Balaban J connectivity index is 2.04. The zero-order valence-corrected chi connectivity index (χ0v) is 9.11. The molecule has 2 rings (SSSR count). The van der Waals surface area contributed by atoms with Gasteiger partial charge in [0.05, 0.1) is 31.2 Å². The molecule has 5 nitrogen and oxygen atoms in total. The number of carbonyl (C=O) groups is 1. The van der Waals surface area contributed by atoms with E-state index in [9.17, 15) is 9.18 Å². The fourth-order valence-electron chi connectivity index (χ4n) is 1.49. The molecule has 0 bridgehead atoms. The van der Waals surface area contributed by atoms with Gasteiger partial charge in [0.15, 0.2) is 6.10 Å². The van der Waals surface area contributed by atoms with E-state index in [-0.39, 0.29) is 18.2 Å². The quantitative estimate of drug-likeness (QED) is 0.748. The molecule has 1 unspecified atom stereocenters. The predicted molar refractivity (Wildman–Crippen MR) is 60.0 cm³/mol. The molecule has 1 saturated heterocycles. The zero-order chi connectivity index (χ0) is 12.3. The average molecular weight is 240 g/mol. The van der Waals surface area contributed by atoms with Crippen molar-refractivity contribution in [2.75, 3.05) is 30.9 Å². The molecule has 1 aromatic rings. The third kappa shape index (κ3) is 2.92. The van der Waals surface area contributed by atoms with Crippen molar-refractivity contribution in [3.8, 4) is 0 Å². The first-order chi connectivity index (χ1) is 8.16. The van der Waals surface area contributed by atoms with Gasteiger partial charge in [0.1, 0.15) is 5.82 Å². The van der Waals surface area contributed by atoms with Crippen molar-refractivity contribution in [2.24, 2.45) is 0 Å². The summed E-state index contributed by atoms with van der Waals surface area (Å²) in [7, 11) is 0. The molecular formula is C11H13FN2O3. The molecule has 1 atom stereocenters. The Hall–Kier alpha value is -1.66. The molecule has 0 aromatic heterocycles. The summed E-state index contributed by atoms with van der Waals surface area (Å²) in [5.41, 5.74) is 6.16. The zero-order valence-electron chi connectivity index (χ0n) is 9.11. The summed E-state index contributed by atoms with van der Waals surface area (Å²) in [4.78, 5) is 11.7. The first kappa shape index (κ1) is 11.8. The van der Waals surface area contributed by atoms with Crippen molar-refractivity contribution in [1.82, 2.24) is 0 Å². The number of hydrogen-bond donors (Lipinski definition) is 2. The maximum atomic E-state index is 13.0. The lowest BCUT2D eigenvalue weighted by molar-refractivity contribution is -0.142. The van der Waals surface area contributed by atoms with Crippen LogP contribution in [0.15, 0.2) is 18.2 Å². The van der Waals surface area contributed by atoms with E-state index < -0.39 is 11.9 Å². The van der Waals surface area contributed by atoms with Gasteiger partial charge in [-0.1, -0.05) is 0 Å². The number of anilines is 2. The van der Waals surface area contributed by atoms with Gasteiger partial charge >= 0.3 is 0 Å². The van der Waals surface area contributed by atoms with Gasteiger partial charge in [0.2, 0.25) is 0 Å². The Morgan fingerprint density at radius 3 is 3.00 bits per heavy atom. The fourth-order valence-corrected chi connectivity index (χ4v) is 1.49. The molecule has 1 amide bonds. The molecule has 1 heterocycles. The molecule has 1 aliphatic rings. The van der Waals surface area contributed by atoms with Gasteiger partial charge in [0.25, 0.3) is 5.91 Å². The van der Waals surface area contributed by atoms with Gasteiger partial charge < -0.3 is 20.5 Å². The van der Waals surface area contributed by atoms with Crippen molar-refractivity contribution >= 4 is 17.3 Å². The van der Waals surface area contributed by atoms with E-state index in [0.717, 1.165) is 6.07 Å². The van der Waals surface area contributed by atoms with E-state index in [1.807, 2.05) is 0 Å². The molecule has 3 N–H and O–H groups in total. The van der Waals surface area contributed by atoms with Crippen molar-refractivity contribution in [3.05, 3.63) is 24.0 Å². The second-order valence-electron chi connectivity index (χ2n) is 3.66. The van der Waals surface area contributed by atoms with Crippen LogP contribution >= 0.6 is 0 Å². The smallest absolute Gasteiger partial charge is 0.255 e. The van der Waals surface area contributed by atoms with Crippen LogP contribution in [0, 0.1) is 5.82 Å². The topological polar surface area (TPSA) is 73.6 Å². The summed E-state index contributed by atoms with van der Waals surface area (Å²) < 4.78 is 23.3. The van der Waals surface area contributed by atoms with Gasteiger partial charge in [-0.25, -0.2) is 4.39 Å². The van der Waals surface area contributed by atoms with Gasteiger partial charge in [0, 0.05) is 0 Å². The second-order valence-corrected chi connectivity index (χ2v) is 3.66. The van der Waals surface area contributed by atoms with E-state index in [1.54, 1.807) is 0 Å². The number of rotatable bonds is 2. The largest absolute Gasteiger partial charge is 0.397 e. The Morgan fingerprint density at radius 2 is 2.29 bits per heavy atom. The SMILES string of the molecule is Nc1ccc(F)cc1NC(=O)C1COCCO1. The number of nitrogens with one attached hydrogen (secondary N) is 1. The summed E-state index contributed by atoms with van der Waals surface area (Å²) in [5.74, 6) is -0.850. The van der Waals surface area contributed by atoms with Gasteiger partial charge in [-0.15, -0.1) is 0 Å². The van der Waals surface area contributed by atoms with Gasteiger partial charge in [-0.3, -0.25) is 4.79 Å². The Morgan fingerprint density at radius 1 is 1.47 bits per heavy atom. The van der Waals surface area contributed by atoms with E-state index >= 15 is 0 Å². The number of carbonyl (C=O) groups excluding carboxylic acids is 1. The Kier molecular flexibility index (Phi) is 3.55. The van der Waals surface area contributed by atoms with Crippen LogP contribution in [0.5, 0.6) is 0 Å². The van der Waals surface area contributed by atoms with Crippen molar-refractivity contribution < 1.29 is 18.7 Å². The first-order valence-electron chi connectivity index (χ1n) is 5.22. The molecule has 0 saturated carbocycles. The number of nitrogen functional groups attached to an aromatic ring is 1. The van der Waals surface area contributed by atoms with Crippen LogP contribution in [-0.4, -0.2) is 31.8 Å². The van der Waals surface area contributed by atoms with E-state index in [2.05, 4.69) is 5.32 Å². The lowest BCUT2D eigenvalue weighted by Gasteiger charge is -2.22. The van der Waals surface area contributed by atoms with E-state index in [1.165, 1.54) is 12.1 Å². The third-order valence-corrected chi connectivity index (χ3v) is 2.38. The van der Waals surface area contributed by atoms with Gasteiger partial charge in [-0.05, 0) is 18.2 Å². The predicted octanol–water partition coefficient (Wildman–Crippen LogP) is 0.762. The van der Waals surface area contributed by atoms with Crippen LogP contribution < -0.4 is 11.1 Å². The number of halogens is 1. The number of hydrogen-bond acceptors (Lipinski definition) is 4. The van der Waals surface area contributed by atoms with Crippen molar-refractivity contribution in [2.45, 2.75) is 6.10 Å². The molecule has 17 heavy (non-hydrogen) atoms. The van der Waals surface area contributed by atoms with E-state index in [0.29, 0.717) is 18.9 Å². The summed E-state index contributed by atoms with van der Waals surface area (Å²) in [6, 6.07) is 3.78. The molecular weight excluding hydrogens is 227 g/mol. The van der Waals surface area contributed by atoms with E-state index in [4.69, 9.17) is 15.2 Å². The molecule has 0 radical (unpaired) electrons. The lowest BCUT2D eigenvalue weighted by atomic mass is 10.2. The number of nitrogens with two attached hydrogens (primary N) is 1. The summed E-state index contributed by atoms with van der Waals surface area (Å²) >= 11 is 0. The standard InChI is InChI=1S/C11H13FN2O3/c12-7-1-2-8(13)9(5-7)14-11(15)10-6-16-3-4-17-10/h1-2,5,10H,3-4,6,13H2,(H,14,15). The summed E-state index contributed by atoms with van der Waals surface area (Å²) in [6.45, 7) is 1.05. The minimum absolute atomic E-state index is 0.195. The summed E-state index contributed by atoms with van der Waals surface area (Å²) in [5, 5.41) is 2.51. The highest BCUT2D eigenvalue weighted by Crippen LogP contribution is 2.19. The number of ether oxygens (including phenoxy) is 2. The van der Waals surface area contributed by atoms with Crippen molar-refractivity contribution in [1.29, 1.82) is 0 Å². The number of benzene rings is 1. The molecule has 1 aliphatic heterocycles. The minimum atomic E-state index is -0.675. The summed E-state index contributed by atoms with van der Waals surface area (Å²) in [6.07, 6.45) is -0.675. The molecule has 1 fully saturated rings. The monoisotopic (exact) mass is 240 g/mol. The van der Waals surface area contributed by atoms with Crippen LogP contribution in [0.2, 0.25) is 0 Å². The third-order valence-electron chi connectivity index (χ3n) is 2.38. The second kappa shape index (κ2) is 5.11. The maximum Gasteiger partial charge on any atom is 0.255 e. The average Bonchev–Trinajstić information content (AvgIpc) is 2.35. The normalized spacial score (nSPS) is 19.9.